The summed E-state index contributed by atoms with van der Waals surface area (Å²) >= 11 is 0. The molecule has 0 saturated carbocycles. The first kappa shape index (κ1) is 10.0. The summed E-state index contributed by atoms with van der Waals surface area (Å²) in [5.41, 5.74) is 5.85. The van der Waals surface area contributed by atoms with Gasteiger partial charge in [0.05, 0.1) is 5.60 Å². The summed E-state index contributed by atoms with van der Waals surface area (Å²) in [6.45, 7) is 7.33. The van der Waals surface area contributed by atoms with Gasteiger partial charge < -0.3 is 10.5 Å². The van der Waals surface area contributed by atoms with Crippen LogP contribution < -0.4 is 5.73 Å². The molecule has 0 radical (unpaired) electrons. The average Bonchev–Trinajstić information content (AvgIpc) is 1.82. The minimum Gasteiger partial charge on any atom is -0.376 e. The zero-order valence-electron chi connectivity index (χ0n) is 8.47. The van der Waals surface area contributed by atoms with Crippen molar-refractivity contribution < 1.29 is 4.74 Å². The lowest BCUT2D eigenvalue weighted by atomic mass is 9.85. The highest BCUT2D eigenvalue weighted by Crippen LogP contribution is 2.30. The van der Waals surface area contributed by atoms with E-state index in [0.717, 1.165) is 25.4 Å². The molecule has 1 fully saturated rings. The number of hydrogen-bond acceptors (Lipinski definition) is 2. The fourth-order valence-corrected chi connectivity index (χ4v) is 2.09. The lowest BCUT2D eigenvalue weighted by Gasteiger charge is -2.36. The maximum atomic E-state index is 5.77. The first-order chi connectivity index (χ1) is 5.49. The molecule has 1 saturated heterocycles. The quantitative estimate of drug-likeness (QED) is 0.689. The summed E-state index contributed by atoms with van der Waals surface area (Å²) < 4.78 is 5.64. The van der Waals surface area contributed by atoms with Gasteiger partial charge in [-0.1, -0.05) is 0 Å². The van der Waals surface area contributed by atoms with E-state index < -0.39 is 0 Å². The van der Waals surface area contributed by atoms with Gasteiger partial charge >= 0.3 is 0 Å². The third kappa shape index (κ3) is 3.11. The molecule has 0 aromatic rings. The van der Waals surface area contributed by atoms with Crippen molar-refractivity contribution >= 4 is 0 Å². The van der Waals surface area contributed by atoms with Crippen molar-refractivity contribution in [2.75, 3.05) is 6.61 Å². The molecule has 1 heterocycles. The van der Waals surface area contributed by atoms with Crippen molar-refractivity contribution in [1.29, 1.82) is 0 Å². The molecule has 2 unspecified atom stereocenters. The maximum Gasteiger partial charge on any atom is 0.0629 e. The summed E-state index contributed by atoms with van der Waals surface area (Å²) in [5, 5.41) is 0. The molecule has 0 amide bonds. The van der Waals surface area contributed by atoms with Crippen LogP contribution in [0.25, 0.3) is 0 Å². The molecular formula is C10H21NO. The second-order valence-electron chi connectivity index (χ2n) is 4.68. The Morgan fingerprint density at radius 2 is 2.25 bits per heavy atom. The predicted molar refractivity (Wildman–Crippen MR) is 51.0 cm³/mol. The standard InChI is InChI=1S/C10H21NO/c1-8(11)6-9-4-5-12-10(2,3)7-9/h8-9H,4-7,11H2,1-3H3. The zero-order valence-corrected chi connectivity index (χ0v) is 8.47. The van der Waals surface area contributed by atoms with Gasteiger partial charge in [0, 0.05) is 12.6 Å². The SMILES string of the molecule is CC(N)CC1CCOC(C)(C)C1. The predicted octanol–water partition coefficient (Wildman–Crippen LogP) is 1.93. The van der Waals surface area contributed by atoms with E-state index in [1.165, 1.54) is 6.42 Å². The second-order valence-corrected chi connectivity index (χ2v) is 4.68. The highest BCUT2D eigenvalue weighted by molar-refractivity contribution is 4.80. The van der Waals surface area contributed by atoms with Gasteiger partial charge in [-0.05, 0) is 46.0 Å². The molecular weight excluding hydrogens is 150 g/mol. The molecule has 0 spiro atoms. The van der Waals surface area contributed by atoms with Crippen molar-refractivity contribution in [1.82, 2.24) is 0 Å². The highest BCUT2D eigenvalue weighted by atomic mass is 16.5. The molecule has 12 heavy (non-hydrogen) atoms. The molecule has 0 aromatic heterocycles. The molecule has 1 aliphatic heterocycles. The van der Waals surface area contributed by atoms with Crippen LogP contribution in [-0.4, -0.2) is 18.2 Å². The van der Waals surface area contributed by atoms with Gasteiger partial charge in [-0.2, -0.15) is 0 Å². The summed E-state index contributed by atoms with van der Waals surface area (Å²) in [4.78, 5) is 0. The van der Waals surface area contributed by atoms with E-state index >= 15 is 0 Å². The van der Waals surface area contributed by atoms with E-state index in [-0.39, 0.29) is 5.60 Å². The van der Waals surface area contributed by atoms with Crippen molar-refractivity contribution in [3.8, 4) is 0 Å². The van der Waals surface area contributed by atoms with Gasteiger partial charge in [0.15, 0.2) is 0 Å². The molecule has 0 aliphatic carbocycles. The number of ether oxygens (including phenoxy) is 1. The van der Waals surface area contributed by atoms with Crippen LogP contribution >= 0.6 is 0 Å². The van der Waals surface area contributed by atoms with Crippen LogP contribution in [0, 0.1) is 5.92 Å². The van der Waals surface area contributed by atoms with Gasteiger partial charge in [0.1, 0.15) is 0 Å². The van der Waals surface area contributed by atoms with Crippen LogP contribution in [0.15, 0.2) is 0 Å². The summed E-state index contributed by atoms with van der Waals surface area (Å²) in [6.07, 6.45) is 3.49. The van der Waals surface area contributed by atoms with Crippen LogP contribution in [0.3, 0.4) is 0 Å². The Kier molecular flexibility index (Phi) is 3.13. The van der Waals surface area contributed by atoms with Crippen LogP contribution in [0.4, 0.5) is 0 Å². The molecule has 2 atom stereocenters. The van der Waals surface area contributed by atoms with Crippen LogP contribution in [0.1, 0.15) is 40.0 Å². The van der Waals surface area contributed by atoms with Gasteiger partial charge in [-0.15, -0.1) is 0 Å². The fraction of sp³-hybridized carbons (Fsp3) is 1.00. The van der Waals surface area contributed by atoms with Gasteiger partial charge in [0.25, 0.3) is 0 Å². The number of hydrogen-bond donors (Lipinski definition) is 1. The van der Waals surface area contributed by atoms with Gasteiger partial charge in [-0.3, -0.25) is 0 Å². The largest absolute Gasteiger partial charge is 0.376 e. The van der Waals surface area contributed by atoms with E-state index in [9.17, 15) is 0 Å². The normalized spacial score (nSPS) is 31.5. The monoisotopic (exact) mass is 171 g/mol. The molecule has 72 valence electrons. The molecule has 0 bridgehead atoms. The Morgan fingerprint density at radius 1 is 1.58 bits per heavy atom. The Balaban J connectivity index is 2.36. The van der Waals surface area contributed by atoms with Gasteiger partial charge in [-0.25, -0.2) is 0 Å². The minimum atomic E-state index is 0.0812. The van der Waals surface area contributed by atoms with E-state index in [2.05, 4.69) is 20.8 Å². The summed E-state index contributed by atoms with van der Waals surface area (Å²) in [6, 6.07) is 0.337. The molecule has 2 nitrogen and oxygen atoms in total. The maximum absolute atomic E-state index is 5.77. The van der Waals surface area contributed by atoms with Crippen molar-refractivity contribution in [3.63, 3.8) is 0 Å². The molecule has 2 heteroatoms. The molecule has 0 aromatic carbocycles. The van der Waals surface area contributed by atoms with Crippen LogP contribution in [0.5, 0.6) is 0 Å². The molecule has 2 N–H and O–H groups in total. The smallest absolute Gasteiger partial charge is 0.0629 e. The van der Waals surface area contributed by atoms with Crippen molar-refractivity contribution in [2.24, 2.45) is 11.7 Å². The average molecular weight is 171 g/mol. The topological polar surface area (TPSA) is 35.2 Å². The Hall–Kier alpha value is -0.0800. The van der Waals surface area contributed by atoms with Crippen LogP contribution in [0.2, 0.25) is 0 Å². The van der Waals surface area contributed by atoms with Crippen LogP contribution in [-0.2, 0) is 4.74 Å². The highest BCUT2D eigenvalue weighted by Gasteiger charge is 2.28. The Labute approximate surface area is 75.5 Å². The van der Waals surface area contributed by atoms with E-state index in [1.807, 2.05) is 0 Å². The third-order valence-electron chi connectivity index (χ3n) is 2.50. The van der Waals surface area contributed by atoms with E-state index in [1.54, 1.807) is 0 Å². The summed E-state index contributed by atoms with van der Waals surface area (Å²) in [7, 11) is 0. The molecule has 1 rings (SSSR count). The van der Waals surface area contributed by atoms with Crippen molar-refractivity contribution in [2.45, 2.75) is 51.7 Å². The lowest BCUT2D eigenvalue weighted by molar-refractivity contribution is -0.0741. The molecule has 1 aliphatic rings. The first-order valence-corrected chi connectivity index (χ1v) is 4.89. The summed E-state index contributed by atoms with van der Waals surface area (Å²) in [5.74, 6) is 0.772. The first-order valence-electron chi connectivity index (χ1n) is 4.89. The Morgan fingerprint density at radius 3 is 2.75 bits per heavy atom. The lowest BCUT2D eigenvalue weighted by Crippen LogP contribution is -2.35. The number of nitrogens with two attached hydrogens (primary N) is 1. The Bertz CT molecular complexity index is 143. The third-order valence-corrected chi connectivity index (χ3v) is 2.50. The minimum absolute atomic E-state index is 0.0812. The fourth-order valence-electron chi connectivity index (χ4n) is 2.09. The zero-order chi connectivity index (χ0) is 9.19. The number of rotatable bonds is 2. The van der Waals surface area contributed by atoms with E-state index in [4.69, 9.17) is 10.5 Å². The second kappa shape index (κ2) is 3.75. The van der Waals surface area contributed by atoms with E-state index in [0.29, 0.717) is 6.04 Å². The van der Waals surface area contributed by atoms with Crippen molar-refractivity contribution in [3.05, 3.63) is 0 Å². The van der Waals surface area contributed by atoms with Gasteiger partial charge in [0.2, 0.25) is 0 Å².